The molecule has 0 saturated carbocycles. The van der Waals surface area contributed by atoms with E-state index in [1.807, 2.05) is 31.5 Å². The molecule has 1 aromatic heterocycles. The van der Waals surface area contributed by atoms with Crippen LogP contribution < -0.4 is 5.32 Å². The minimum atomic E-state index is 0.626. The number of hydrogen-bond acceptors (Lipinski definition) is 2. The van der Waals surface area contributed by atoms with Crippen molar-refractivity contribution >= 4 is 11.6 Å². The van der Waals surface area contributed by atoms with E-state index in [2.05, 4.69) is 34.8 Å². The predicted octanol–water partition coefficient (Wildman–Crippen LogP) is 3.58. The van der Waals surface area contributed by atoms with Crippen LogP contribution in [0.2, 0.25) is 5.02 Å². The fourth-order valence-corrected chi connectivity index (χ4v) is 2.30. The van der Waals surface area contributed by atoms with Gasteiger partial charge in [-0.1, -0.05) is 31.5 Å². The Kier molecular flexibility index (Phi) is 4.61. The Hall–Kier alpha value is -1.32. The first-order chi connectivity index (χ1) is 9.09. The Balaban J connectivity index is 2.29. The lowest BCUT2D eigenvalue weighted by atomic mass is 10.1. The van der Waals surface area contributed by atoms with Crippen molar-refractivity contribution in [2.45, 2.75) is 27.3 Å². The summed E-state index contributed by atoms with van der Waals surface area (Å²) in [4.78, 5) is 4.27. The molecule has 2 rings (SSSR count). The van der Waals surface area contributed by atoms with Gasteiger partial charge in [0.05, 0.1) is 5.69 Å². The minimum absolute atomic E-state index is 0.626. The molecule has 1 aromatic carbocycles. The molecule has 1 N–H and O–H groups in total. The average molecular weight is 278 g/mol. The topological polar surface area (TPSA) is 29.9 Å². The molecule has 0 aliphatic carbocycles. The highest BCUT2D eigenvalue weighted by Gasteiger charge is 2.10. The number of halogens is 1. The van der Waals surface area contributed by atoms with Crippen molar-refractivity contribution in [1.82, 2.24) is 14.9 Å². The summed E-state index contributed by atoms with van der Waals surface area (Å²) in [5, 5.41) is 4.24. The summed E-state index contributed by atoms with van der Waals surface area (Å²) in [6.45, 7) is 8.13. The standard InChI is InChI=1S/C15H20ClN3/c1-11(2)9-17-10-13-14(16)5-4-6-15(13)19-8-7-18-12(19)3/h4-8,11,17H,9-10H2,1-3H3. The van der Waals surface area contributed by atoms with Crippen LogP contribution in [0.3, 0.4) is 0 Å². The number of hydrogen-bond donors (Lipinski definition) is 1. The molecule has 0 fully saturated rings. The van der Waals surface area contributed by atoms with E-state index in [1.165, 1.54) is 0 Å². The maximum atomic E-state index is 6.34. The van der Waals surface area contributed by atoms with Crippen molar-refractivity contribution < 1.29 is 0 Å². The fraction of sp³-hybridized carbons (Fsp3) is 0.400. The van der Waals surface area contributed by atoms with Gasteiger partial charge in [0.25, 0.3) is 0 Å². The number of rotatable bonds is 5. The molecule has 0 atom stereocenters. The van der Waals surface area contributed by atoms with Crippen LogP contribution in [0, 0.1) is 12.8 Å². The van der Waals surface area contributed by atoms with Gasteiger partial charge in [-0.25, -0.2) is 4.98 Å². The Labute approximate surface area is 119 Å². The predicted molar refractivity (Wildman–Crippen MR) is 79.9 cm³/mol. The van der Waals surface area contributed by atoms with Gasteiger partial charge in [-0.3, -0.25) is 0 Å². The van der Waals surface area contributed by atoms with Crippen LogP contribution in [0.5, 0.6) is 0 Å². The van der Waals surface area contributed by atoms with Gasteiger partial charge in [-0.15, -0.1) is 0 Å². The second kappa shape index (κ2) is 6.22. The molecular weight excluding hydrogens is 258 g/mol. The number of nitrogens with zero attached hydrogens (tertiary/aromatic N) is 2. The third-order valence-electron chi connectivity index (χ3n) is 3.03. The average Bonchev–Trinajstić information content (AvgIpc) is 2.77. The molecule has 0 radical (unpaired) electrons. The highest BCUT2D eigenvalue weighted by molar-refractivity contribution is 6.31. The van der Waals surface area contributed by atoms with Gasteiger partial charge in [0, 0.05) is 29.5 Å². The molecule has 1 heterocycles. The van der Waals surface area contributed by atoms with E-state index in [0.29, 0.717) is 5.92 Å². The number of nitrogens with one attached hydrogen (secondary N) is 1. The summed E-state index contributed by atoms with van der Waals surface area (Å²) < 4.78 is 2.07. The van der Waals surface area contributed by atoms with Crippen LogP contribution in [-0.2, 0) is 6.54 Å². The second-order valence-corrected chi connectivity index (χ2v) is 5.51. The van der Waals surface area contributed by atoms with Gasteiger partial charge < -0.3 is 9.88 Å². The third-order valence-corrected chi connectivity index (χ3v) is 3.39. The molecule has 0 unspecified atom stereocenters. The normalized spacial score (nSPS) is 11.2. The highest BCUT2D eigenvalue weighted by atomic mass is 35.5. The lowest BCUT2D eigenvalue weighted by Gasteiger charge is -2.15. The maximum Gasteiger partial charge on any atom is 0.110 e. The Morgan fingerprint density at radius 2 is 2.16 bits per heavy atom. The molecule has 0 amide bonds. The van der Waals surface area contributed by atoms with Crippen molar-refractivity contribution in [2.24, 2.45) is 5.92 Å². The Morgan fingerprint density at radius 3 is 2.79 bits per heavy atom. The second-order valence-electron chi connectivity index (χ2n) is 5.11. The summed E-state index contributed by atoms with van der Waals surface area (Å²) in [7, 11) is 0. The van der Waals surface area contributed by atoms with Crippen LogP contribution in [-0.4, -0.2) is 16.1 Å². The van der Waals surface area contributed by atoms with E-state index >= 15 is 0 Å². The maximum absolute atomic E-state index is 6.34. The first-order valence-corrected chi connectivity index (χ1v) is 6.96. The zero-order chi connectivity index (χ0) is 13.8. The molecule has 0 aliphatic heterocycles. The van der Waals surface area contributed by atoms with Crippen molar-refractivity contribution in [1.29, 1.82) is 0 Å². The summed E-state index contributed by atoms with van der Waals surface area (Å²) in [6.07, 6.45) is 3.77. The fourth-order valence-electron chi connectivity index (χ4n) is 2.07. The van der Waals surface area contributed by atoms with Gasteiger partial charge in [0.1, 0.15) is 5.82 Å². The van der Waals surface area contributed by atoms with Gasteiger partial charge in [-0.2, -0.15) is 0 Å². The molecule has 0 aliphatic rings. The van der Waals surface area contributed by atoms with Crippen molar-refractivity contribution in [3.05, 3.63) is 47.0 Å². The summed E-state index contributed by atoms with van der Waals surface area (Å²) >= 11 is 6.34. The highest BCUT2D eigenvalue weighted by Crippen LogP contribution is 2.24. The van der Waals surface area contributed by atoms with E-state index in [0.717, 1.165) is 35.2 Å². The molecule has 0 saturated heterocycles. The number of aromatic nitrogens is 2. The van der Waals surface area contributed by atoms with Crippen molar-refractivity contribution in [3.8, 4) is 5.69 Å². The summed E-state index contributed by atoms with van der Waals surface area (Å²) in [5.74, 6) is 1.59. The van der Waals surface area contributed by atoms with E-state index in [9.17, 15) is 0 Å². The molecule has 4 heteroatoms. The smallest absolute Gasteiger partial charge is 0.110 e. The molecule has 0 spiro atoms. The number of imidazole rings is 1. The third kappa shape index (κ3) is 3.37. The first kappa shape index (κ1) is 14.1. The van der Waals surface area contributed by atoms with Gasteiger partial charge in [0.15, 0.2) is 0 Å². The minimum Gasteiger partial charge on any atom is -0.312 e. The van der Waals surface area contributed by atoms with Crippen LogP contribution in [0.15, 0.2) is 30.6 Å². The van der Waals surface area contributed by atoms with Crippen molar-refractivity contribution in [2.75, 3.05) is 6.54 Å². The van der Waals surface area contributed by atoms with Crippen LogP contribution >= 0.6 is 11.6 Å². The number of benzene rings is 1. The van der Waals surface area contributed by atoms with E-state index in [-0.39, 0.29) is 0 Å². The van der Waals surface area contributed by atoms with Crippen LogP contribution in [0.4, 0.5) is 0 Å². The summed E-state index contributed by atoms with van der Waals surface area (Å²) in [5.41, 5.74) is 2.21. The van der Waals surface area contributed by atoms with Crippen molar-refractivity contribution in [3.63, 3.8) is 0 Å². The van der Waals surface area contributed by atoms with E-state index in [4.69, 9.17) is 11.6 Å². The lowest BCUT2D eigenvalue weighted by molar-refractivity contribution is 0.551. The van der Waals surface area contributed by atoms with Crippen LogP contribution in [0.25, 0.3) is 5.69 Å². The van der Waals surface area contributed by atoms with Crippen LogP contribution in [0.1, 0.15) is 25.2 Å². The molecule has 19 heavy (non-hydrogen) atoms. The van der Waals surface area contributed by atoms with Gasteiger partial charge >= 0.3 is 0 Å². The first-order valence-electron chi connectivity index (χ1n) is 6.58. The quantitative estimate of drug-likeness (QED) is 0.905. The zero-order valence-electron chi connectivity index (χ0n) is 11.7. The zero-order valence-corrected chi connectivity index (χ0v) is 12.4. The number of aryl methyl sites for hydroxylation is 1. The Morgan fingerprint density at radius 1 is 1.37 bits per heavy atom. The molecule has 2 aromatic rings. The molecular formula is C15H20ClN3. The lowest BCUT2D eigenvalue weighted by Crippen LogP contribution is -2.20. The molecule has 102 valence electrons. The van der Waals surface area contributed by atoms with Gasteiger partial charge in [-0.05, 0) is 31.5 Å². The Bertz CT molecular complexity index is 546. The summed E-state index contributed by atoms with van der Waals surface area (Å²) in [6, 6.07) is 5.99. The largest absolute Gasteiger partial charge is 0.312 e. The SMILES string of the molecule is Cc1nccn1-c1cccc(Cl)c1CNCC(C)C. The van der Waals surface area contributed by atoms with Gasteiger partial charge in [0.2, 0.25) is 0 Å². The van der Waals surface area contributed by atoms with E-state index in [1.54, 1.807) is 0 Å². The monoisotopic (exact) mass is 277 g/mol. The molecule has 3 nitrogen and oxygen atoms in total. The molecule has 0 bridgehead atoms. The van der Waals surface area contributed by atoms with E-state index < -0.39 is 0 Å².